The Kier molecular flexibility index (Phi) is 4.49. The molecule has 1 radical (unpaired) electrons. The van der Waals surface area contributed by atoms with E-state index in [1.807, 2.05) is 0 Å². The minimum Gasteiger partial charge on any atom is -0.464 e. The molecule has 0 unspecified atom stereocenters. The van der Waals surface area contributed by atoms with Crippen molar-refractivity contribution in [3.8, 4) is 0 Å². The van der Waals surface area contributed by atoms with Crippen LogP contribution in [0.5, 0.6) is 0 Å². The molecule has 0 aliphatic heterocycles. The van der Waals surface area contributed by atoms with Crippen molar-refractivity contribution in [2.45, 2.75) is 6.92 Å². The highest BCUT2D eigenvalue weighted by Crippen LogP contribution is 1.81. The van der Waals surface area contributed by atoms with Crippen LogP contribution in [0.1, 0.15) is 6.92 Å². The van der Waals surface area contributed by atoms with E-state index in [1.165, 1.54) is 6.92 Å². The van der Waals surface area contributed by atoms with Crippen molar-refractivity contribution in [3.63, 3.8) is 0 Å². The normalized spacial score (nSPS) is 8.11. The highest BCUT2D eigenvalue weighted by molar-refractivity contribution is 5.66. The van der Waals surface area contributed by atoms with Crippen LogP contribution in [-0.4, -0.2) is 19.0 Å². The van der Waals surface area contributed by atoms with Crippen molar-refractivity contribution in [1.82, 2.24) is 0 Å². The molecule has 4 heteroatoms. The molecule has 0 spiro atoms. The van der Waals surface area contributed by atoms with Crippen LogP contribution in [0.4, 0.5) is 0 Å². The summed E-state index contributed by atoms with van der Waals surface area (Å²) in [6, 6.07) is 0. The van der Waals surface area contributed by atoms with Crippen LogP contribution in [0, 0.1) is 6.61 Å². The first-order chi connectivity index (χ1) is 4.27. The van der Waals surface area contributed by atoms with E-state index in [0.717, 1.165) is 6.61 Å². The minimum atomic E-state index is -0.426. The summed E-state index contributed by atoms with van der Waals surface area (Å²) in [6.07, 6.45) is 0. The van der Waals surface area contributed by atoms with Crippen LogP contribution in [0.3, 0.4) is 0 Å². The molecule has 0 bridgehead atoms. The molecule has 0 aromatic carbocycles. The largest absolute Gasteiger partial charge is 0.464 e. The SMILES string of the molecule is CC(=O)O[CH]COC=O. The Morgan fingerprint density at radius 1 is 1.67 bits per heavy atom. The fourth-order valence-corrected chi connectivity index (χ4v) is 0.230. The summed E-state index contributed by atoms with van der Waals surface area (Å²) in [6.45, 7) is 2.65. The lowest BCUT2D eigenvalue weighted by Crippen LogP contribution is -2.00. The van der Waals surface area contributed by atoms with Crippen LogP contribution in [0.25, 0.3) is 0 Å². The summed E-state index contributed by atoms with van der Waals surface area (Å²) in [5, 5.41) is 0. The maximum Gasteiger partial charge on any atom is 0.303 e. The van der Waals surface area contributed by atoms with Gasteiger partial charge < -0.3 is 9.47 Å². The summed E-state index contributed by atoms with van der Waals surface area (Å²) in [7, 11) is 0. The van der Waals surface area contributed by atoms with Crippen molar-refractivity contribution in [1.29, 1.82) is 0 Å². The maximum atomic E-state index is 10.0. The van der Waals surface area contributed by atoms with E-state index >= 15 is 0 Å². The van der Waals surface area contributed by atoms with Crippen molar-refractivity contribution >= 4 is 12.4 Å². The van der Waals surface area contributed by atoms with E-state index in [4.69, 9.17) is 0 Å². The van der Waals surface area contributed by atoms with Gasteiger partial charge in [-0.25, -0.2) is 0 Å². The number of ether oxygens (including phenoxy) is 2. The van der Waals surface area contributed by atoms with Crippen molar-refractivity contribution in [2.75, 3.05) is 6.61 Å². The molecule has 0 rings (SSSR count). The Labute approximate surface area is 52.7 Å². The Morgan fingerprint density at radius 3 is 2.78 bits per heavy atom. The van der Waals surface area contributed by atoms with Gasteiger partial charge in [0.05, 0.1) is 0 Å². The summed E-state index contributed by atoms with van der Waals surface area (Å²) >= 11 is 0. The second-order valence-electron chi connectivity index (χ2n) is 1.21. The zero-order valence-electron chi connectivity index (χ0n) is 4.99. The average molecular weight is 131 g/mol. The summed E-state index contributed by atoms with van der Waals surface area (Å²) in [5.41, 5.74) is 0. The molecule has 0 aromatic heterocycles. The molecule has 0 aliphatic rings. The highest BCUT2D eigenvalue weighted by atomic mass is 16.6. The molecule has 51 valence electrons. The van der Waals surface area contributed by atoms with Gasteiger partial charge in [0.2, 0.25) is 0 Å². The monoisotopic (exact) mass is 131 g/mol. The zero-order valence-corrected chi connectivity index (χ0v) is 4.99. The highest BCUT2D eigenvalue weighted by Gasteiger charge is 1.91. The van der Waals surface area contributed by atoms with Crippen molar-refractivity contribution in [3.05, 3.63) is 6.61 Å². The summed E-state index contributed by atoms with van der Waals surface area (Å²) in [4.78, 5) is 19.5. The Balaban J connectivity index is 2.91. The number of carbonyl (C=O) groups is 2. The van der Waals surface area contributed by atoms with Crippen LogP contribution in [0.15, 0.2) is 0 Å². The van der Waals surface area contributed by atoms with Gasteiger partial charge in [0.15, 0.2) is 6.61 Å². The number of carbonyl (C=O) groups excluding carboxylic acids is 2. The number of esters is 1. The molecule has 0 saturated carbocycles. The lowest BCUT2D eigenvalue weighted by molar-refractivity contribution is -0.140. The van der Waals surface area contributed by atoms with Crippen molar-refractivity contribution < 1.29 is 19.1 Å². The Bertz CT molecular complexity index is 99.1. The average Bonchev–Trinajstić information content (AvgIpc) is 1.80. The molecule has 9 heavy (non-hydrogen) atoms. The van der Waals surface area contributed by atoms with Crippen LogP contribution >= 0.6 is 0 Å². The fourth-order valence-electron chi connectivity index (χ4n) is 0.230. The third-order valence-electron chi connectivity index (χ3n) is 0.482. The van der Waals surface area contributed by atoms with E-state index in [2.05, 4.69) is 9.47 Å². The molecule has 4 nitrogen and oxygen atoms in total. The van der Waals surface area contributed by atoms with Gasteiger partial charge in [0, 0.05) is 6.92 Å². The molecule has 0 N–H and O–H groups in total. The Morgan fingerprint density at radius 2 is 2.33 bits per heavy atom. The molecule has 0 aromatic rings. The van der Waals surface area contributed by atoms with Gasteiger partial charge >= 0.3 is 5.97 Å². The van der Waals surface area contributed by atoms with Gasteiger partial charge in [-0.3, -0.25) is 9.59 Å². The predicted octanol–water partition coefficient (Wildman–Crippen LogP) is -0.116. The van der Waals surface area contributed by atoms with Crippen LogP contribution in [-0.2, 0) is 19.1 Å². The maximum absolute atomic E-state index is 10.0. The van der Waals surface area contributed by atoms with Gasteiger partial charge in [-0.15, -0.1) is 0 Å². The summed E-state index contributed by atoms with van der Waals surface area (Å²) < 4.78 is 8.47. The third kappa shape index (κ3) is 6.94. The molecule has 0 amide bonds. The molecule has 0 heterocycles. The van der Waals surface area contributed by atoms with Crippen molar-refractivity contribution in [2.24, 2.45) is 0 Å². The van der Waals surface area contributed by atoms with E-state index in [0.29, 0.717) is 0 Å². The number of rotatable bonds is 4. The van der Waals surface area contributed by atoms with Gasteiger partial charge in [0.25, 0.3) is 6.47 Å². The first-order valence-electron chi connectivity index (χ1n) is 2.31. The third-order valence-corrected chi connectivity index (χ3v) is 0.482. The number of hydrogen-bond donors (Lipinski definition) is 0. The molecule has 0 fully saturated rings. The Hall–Kier alpha value is -1.06. The van der Waals surface area contributed by atoms with Crippen LogP contribution in [0.2, 0.25) is 0 Å². The lowest BCUT2D eigenvalue weighted by Gasteiger charge is -1.96. The smallest absolute Gasteiger partial charge is 0.303 e. The van der Waals surface area contributed by atoms with E-state index < -0.39 is 5.97 Å². The topological polar surface area (TPSA) is 52.6 Å². The first kappa shape index (κ1) is 7.94. The number of hydrogen-bond acceptors (Lipinski definition) is 4. The van der Waals surface area contributed by atoms with E-state index in [9.17, 15) is 9.59 Å². The van der Waals surface area contributed by atoms with Gasteiger partial charge in [-0.1, -0.05) is 0 Å². The second-order valence-corrected chi connectivity index (χ2v) is 1.21. The van der Waals surface area contributed by atoms with Gasteiger partial charge in [-0.2, -0.15) is 0 Å². The quantitative estimate of drug-likeness (QED) is 0.303. The molecule has 0 aliphatic carbocycles. The van der Waals surface area contributed by atoms with Gasteiger partial charge in [0.1, 0.15) is 6.61 Å². The minimum absolute atomic E-state index is 0.00306. The van der Waals surface area contributed by atoms with Gasteiger partial charge in [-0.05, 0) is 0 Å². The summed E-state index contributed by atoms with van der Waals surface area (Å²) in [5.74, 6) is -0.426. The molecule has 0 atom stereocenters. The standard InChI is InChI=1S/C5H7O4/c1-5(7)9-3-2-8-4-6/h3-4H,2H2,1H3. The molecular formula is C5H7O4. The lowest BCUT2D eigenvalue weighted by atomic mass is 10.7. The second kappa shape index (κ2) is 5.08. The molecular weight excluding hydrogens is 124 g/mol. The van der Waals surface area contributed by atoms with E-state index in [1.54, 1.807) is 0 Å². The fraction of sp³-hybridized carbons (Fsp3) is 0.400. The van der Waals surface area contributed by atoms with E-state index in [-0.39, 0.29) is 13.1 Å². The first-order valence-corrected chi connectivity index (χ1v) is 2.31. The zero-order chi connectivity index (χ0) is 7.11. The molecule has 0 saturated heterocycles. The van der Waals surface area contributed by atoms with Crippen LogP contribution < -0.4 is 0 Å². The predicted molar refractivity (Wildman–Crippen MR) is 28.1 cm³/mol.